The van der Waals surface area contributed by atoms with Crippen molar-refractivity contribution in [2.45, 2.75) is 12.7 Å². The molecule has 8 heteroatoms. The summed E-state index contributed by atoms with van der Waals surface area (Å²) < 4.78 is 42.9. The van der Waals surface area contributed by atoms with Gasteiger partial charge in [-0.1, -0.05) is 6.07 Å². The molecular formula is C16H12F3N3O2. The third-order valence-corrected chi connectivity index (χ3v) is 2.94. The summed E-state index contributed by atoms with van der Waals surface area (Å²) in [6.07, 6.45) is -1.98. The van der Waals surface area contributed by atoms with Crippen molar-refractivity contribution >= 4 is 11.6 Å². The van der Waals surface area contributed by atoms with Crippen molar-refractivity contribution in [2.24, 2.45) is 0 Å². The van der Waals surface area contributed by atoms with Gasteiger partial charge in [0.25, 0.3) is 5.91 Å². The monoisotopic (exact) mass is 335 g/mol. The minimum absolute atomic E-state index is 0.0917. The Hall–Kier alpha value is -3.21. The Kier molecular flexibility index (Phi) is 5.27. The lowest BCUT2D eigenvalue weighted by Crippen LogP contribution is -2.24. The van der Waals surface area contributed by atoms with Crippen molar-refractivity contribution in [3.63, 3.8) is 0 Å². The summed E-state index contributed by atoms with van der Waals surface area (Å²) in [5, 5.41) is 14.0. The number of alkyl halides is 3. The maximum atomic E-state index is 12.6. The number of nitriles is 1. The summed E-state index contributed by atoms with van der Waals surface area (Å²) in [5.74, 6) is -0.167. The van der Waals surface area contributed by atoms with E-state index >= 15 is 0 Å². The minimum atomic E-state index is -4.47. The number of carbonyl (C=O) groups excluding carboxylic acids is 1. The van der Waals surface area contributed by atoms with Gasteiger partial charge in [-0.15, -0.1) is 0 Å². The SMILES string of the molecule is N#C/C(=C/Nc1cccc(C(F)(F)F)c1)C(=O)NCc1ccco1. The Bertz CT molecular complexity index is 775. The van der Waals surface area contributed by atoms with Gasteiger partial charge in [-0.25, -0.2) is 0 Å². The first-order valence-electron chi connectivity index (χ1n) is 6.75. The summed E-state index contributed by atoms with van der Waals surface area (Å²) >= 11 is 0. The molecule has 2 N–H and O–H groups in total. The van der Waals surface area contributed by atoms with Crippen LogP contribution in [-0.2, 0) is 17.5 Å². The predicted octanol–water partition coefficient (Wildman–Crippen LogP) is 3.43. The van der Waals surface area contributed by atoms with Crippen molar-refractivity contribution in [2.75, 3.05) is 5.32 Å². The highest BCUT2D eigenvalue weighted by Crippen LogP contribution is 2.30. The Labute approximate surface area is 135 Å². The highest BCUT2D eigenvalue weighted by molar-refractivity contribution is 5.97. The highest BCUT2D eigenvalue weighted by atomic mass is 19.4. The second-order valence-electron chi connectivity index (χ2n) is 4.65. The van der Waals surface area contributed by atoms with E-state index in [0.717, 1.165) is 18.3 Å². The van der Waals surface area contributed by atoms with Gasteiger partial charge in [-0.2, -0.15) is 18.4 Å². The van der Waals surface area contributed by atoms with Crippen LogP contribution in [0.15, 0.2) is 58.9 Å². The predicted molar refractivity (Wildman–Crippen MR) is 79.3 cm³/mol. The molecule has 1 aromatic heterocycles. The topological polar surface area (TPSA) is 78.1 Å². The van der Waals surface area contributed by atoms with Crippen LogP contribution in [-0.4, -0.2) is 5.91 Å². The number of benzene rings is 1. The molecule has 0 radical (unpaired) electrons. The summed E-state index contributed by atoms with van der Waals surface area (Å²) in [4.78, 5) is 11.9. The minimum Gasteiger partial charge on any atom is -0.467 e. The maximum absolute atomic E-state index is 12.6. The Morgan fingerprint density at radius 1 is 1.29 bits per heavy atom. The largest absolute Gasteiger partial charge is 0.467 e. The quantitative estimate of drug-likeness (QED) is 0.648. The van der Waals surface area contributed by atoms with Crippen LogP contribution in [0.1, 0.15) is 11.3 Å². The van der Waals surface area contributed by atoms with Crippen LogP contribution in [0.4, 0.5) is 18.9 Å². The third kappa shape index (κ3) is 4.64. The van der Waals surface area contributed by atoms with E-state index in [0.29, 0.717) is 5.76 Å². The van der Waals surface area contributed by atoms with Gasteiger partial charge in [0.1, 0.15) is 17.4 Å². The van der Waals surface area contributed by atoms with E-state index in [4.69, 9.17) is 9.68 Å². The fraction of sp³-hybridized carbons (Fsp3) is 0.125. The molecule has 0 aliphatic heterocycles. The molecule has 0 unspecified atom stereocenters. The molecule has 0 spiro atoms. The molecule has 1 aromatic carbocycles. The van der Waals surface area contributed by atoms with E-state index in [9.17, 15) is 18.0 Å². The van der Waals surface area contributed by atoms with Crippen LogP contribution in [0, 0.1) is 11.3 Å². The molecule has 0 aliphatic rings. The summed E-state index contributed by atoms with van der Waals surface area (Å²) in [6.45, 7) is 0.0917. The number of carbonyl (C=O) groups is 1. The van der Waals surface area contributed by atoms with Crippen LogP contribution in [0.2, 0.25) is 0 Å². The van der Waals surface area contributed by atoms with Gasteiger partial charge in [0.05, 0.1) is 18.4 Å². The number of hydrogen-bond donors (Lipinski definition) is 2. The Balaban J connectivity index is 2.03. The molecule has 2 aromatic rings. The normalized spacial score (nSPS) is 11.7. The number of nitrogens with zero attached hydrogens (tertiary/aromatic N) is 1. The molecule has 24 heavy (non-hydrogen) atoms. The number of amides is 1. The number of furan rings is 1. The fourth-order valence-electron chi connectivity index (χ4n) is 1.77. The maximum Gasteiger partial charge on any atom is 0.416 e. The molecule has 0 atom stereocenters. The lowest BCUT2D eigenvalue weighted by molar-refractivity contribution is -0.137. The van der Waals surface area contributed by atoms with E-state index in [-0.39, 0.29) is 17.8 Å². The molecule has 124 valence electrons. The molecule has 0 aliphatic carbocycles. The van der Waals surface area contributed by atoms with Crippen LogP contribution in [0.5, 0.6) is 0 Å². The molecule has 1 amide bonds. The zero-order valence-electron chi connectivity index (χ0n) is 12.2. The fourth-order valence-corrected chi connectivity index (χ4v) is 1.77. The third-order valence-electron chi connectivity index (χ3n) is 2.94. The standard InChI is InChI=1S/C16H12F3N3O2/c17-16(18,19)12-3-1-4-13(7-12)21-9-11(8-20)15(23)22-10-14-5-2-6-24-14/h1-7,9,21H,10H2,(H,22,23)/b11-9-. The molecule has 0 saturated heterocycles. The highest BCUT2D eigenvalue weighted by Gasteiger charge is 2.30. The second-order valence-corrected chi connectivity index (χ2v) is 4.65. The van der Waals surface area contributed by atoms with Gasteiger partial charge in [0, 0.05) is 11.9 Å². The summed E-state index contributed by atoms with van der Waals surface area (Å²) in [5.41, 5.74) is -1.00. The Morgan fingerprint density at radius 3 is 2.71 bits per heavy atom. The number of rotatable bonds is 5. The molecule has 0 fully saturated rings. The smallest absolute Gasteiger partial charge is 0.416 e. The Morgan fingerprint density at radius 2 is 2.08 bits per heavy atom. The van der Waals surface area contributed by atoms with Gasteiger partial charge >= 0.3 is 6.18 Å². The van der Waals surface area contributed by atoms with E-state index < -0.39 is 17.6 Å². The number of nitrogens with one attached hydrogen (secondary N) is 2. The van der Waals surface area contributed by atoms with Crippen LogP contribution < -0.4 is 10.6 Å². The first kappa shape index (κ1) is 17.1. The molecular weight excluding hydrogens is 323 g/mol. The molecule has 5 nitrogen and oxygen atoms in total. The molecule has 1 heterocycles. The van der Waals surface area contributed by atoms with Crippen LogP contribution in [0.3, 0.4) is 0 Å². The van der Waals surface area contributed by atoms with Crippen molar-refractivity contribution in [3.8, 4) is 6.07 Å². The lowest BCUT2D eigenvalue weighted by Gasteiger charge is -2.09. The zero-order valence-corrected chi connectivity index (χ0v) is 12.2. The van der Waals surface area contributed by atoms with E-state index in [1.165, 1.54) is 18.4 Å². The van der Waals surface area contributed by atoms with E-state index in [2.05, 4.69) is 10.6 Å². The number of hydrogen-bond acceptors (Lipinski definition) is 4. The zero-order chi connectivity index (χ0) is 17.6. The number of halogens is 3. The van der Waals surface area contributed by atoms with Crippen molar-refractivity contribution in [1.29, 1.82) is 5.26 Å². The summed E-state index contributed by atoms with van der Waals surface area (Å²) in [7, 11) is 0. The van der Waals surface area contributed by atoms with Gasteiger partial charge in [0.15, 0.2) is 0 Å². The van der Waals surface area contributed by atoms with Crippen molar-refractivity contribution < 1.29 is 22.4 Å². The average Bonchev–Trinajstić information content (AvgIpc) is 3.06. The van der Waals surface area contributed by atoms with Gasteiger partial charge in [-0.3, -0.25) is 4.79 Å². The van der Waals surface area contributed by atoms with Crippen LogP contribution >= 0.6 is 0 Å². The van der Waals surface area contributed by atoms with E-state index in [1.807, 2.05) is 0 Å². The summed E-state index contributed by atoms with van der Waals surface area (Å²) in [6, 6.07) is 9.40. The van der Waals surface area contributed by atoms with Crippen LogP contribution in [0.25, 0.3) is 0 Å². The van der Waals surface area contributed by atoms with Gasteiger partial charge in [-0.05, 0) is 30.3 Å². The lowest BCUT2D eigenvalue weighted by atomic mass is 10.2. The van der Waals surface area contributed by atoms with Crippen molar-refractivity contribution in [1.82, 2.24) is 5.32 Å². The van der Waals surface area contributed by atoms with Gasteiger partial charge < -0.3 is 15.1 Å². The molecule has 2 rings (SSSR count). The first-order valence-corrected chi connectivity index (χ1v) is 6.75. The number of anilines is 1. The molecule has 0 bridgehead atoms. The van der Waals surface area contributed by atoms with E-state index in [1.54, 1.807) is 18.2 Å². The second kappa shape index (κ2) is 7.37. The average molecular weight is 335 g/mol. The molecule has 0 saturated carbocycles. The first-order chi connectivity index (χ1) is 11.4. The van der Waals surface area contributed by atoms with Crippen molar-refractivity contribution in [3.05, 3.63) is 65.8 Å². The van der Waals surface area contributed by atoms with Gasteiger partial charge in [0.2, 0.25) is 0 Å².